The number of benzene rings is 1. The normalized spacial score (nSPS) is 9.21. The molecule has 72 valence electrons. The van der Waals surface area contributed by atoms with Gasteiger partial charge < -0.3 is 9.84 Å². The lowest BCUT2D eigenvalue weighted by Crippen LogP contribution is -2.05. The van der Waals surface area contributed by atoms with E-state index in [1.807, 2.05) is 28.7 Å². The molecule has 14 heavy (non-hydrogen) atoms. The quantitative estimate of drug-likeness (QED) is 0.632. The van der Waals surface area contributed by atoms with Gasteiger partial charge in [-0.15, -0.1) is 0 Å². The second-order valence-electron chi connectivity index (χ2n) is 2.42. The minimum absolute atomic E-state index is 0.0816. The van der Waals surface area contributed by atoms with Crippen LogP contribution in [0.25, 0.3) is 0 Å². The van der Waals surface area contributed by atoms with Crippen LogP contribution in [-0.4, -0.2) is 18.2 Å². The first-order valence-corrected chi connectivity index (χ1v) is 4.69. The van der Waals surface area contributed by atoms with Gasteiger partial charge in [0.15, 0.2) is 0 Å². The van der Waals surface area contributed by atoms with Gasteiger partial charge in [-0.1, -0.05) is 0 Å². The van der Waals surface area contributed by atoms with Crippen LogP contribution in [0.5, 0.6) is 5.75 Å². The minimum atomic E-state index is -0.711. The van der Waals surface area contributed by atoms with Gasteiger partial charge >= 0.3 is 5.97 Å². The van der Waals surface area contributed by atoms with Gasteiger partial charge in [-0.25, -0.2) is 4.79 Å². The number of ether oxygens (including phenoxy) is 1. The van der Waals surface area contributed by atoms with E-state index < -0.39 is 5.97 Å². The largest absolute Gasteiger partial charge is 0.507 e. The Morgan fingerprint density at radius 1 is 1.64 bits per heavy atom. The summed E-state index contributed by atoms with van der Waals surface area (Å²) in [4.78, 5) is 11.2. The Labute approximate surface area is 94.2 Å². The van der Waals surface area contributed by atoms with Gasteiger partial charge in [0.2, 0.25) is 0 Å². The molecule has 1 N–H and O–H groups in total. The lowest BCUT2D eigenvalue weighted by atomic mass is 10.1. The van der Waals surface area contributed by atoms with E-state index in [9.17, 15) is 9.90 Å². The lowest BCUT2D eigenvalue weighted by molar-refractivity contribution is 0.0597. The molecule has 5 heteroatoms. The van der Waals surface area contributed by atoms with Crippen molar-refractivity contribution in [2.24, 2.45) is 0 Å². The molecule has 0 saturated heterocycles. The first-order valence-electron chi connectivity index (χ1n) is 3.61. The van der Waals surface area contributed by atoms with Crippen LogP contribution in [0.4, 0.5) is 0 Å². The predicted molar refractivity (Wildman–Crippen MR) is 56.9 cm³/mol. The number of carbonyl (C=O) groups is 1. The molecular formula is C9H6INO3. The smallest absolute Gasteiger partial charge is 0.343 e. The summed E-state index contributed by atoms with van der Waals surface area (Å²) in [5.74, 6) is -0.952. The molecule has 1 aromatic carbocycles. The molecule has 0 unspecified atom stereocenters. The number of carbonyl (C=O) groups excluding carboxylic acids is 1. The Kier molecular flexibility index (Phi) is 3.30. The van der Waals surface area contributed by atoms with Crippen LogP contribution in [0.15, 0.2) is 12.1 Å². The Morgan fingerprint density at radius 2 is 2.29 bits per heavy atom. The first-order chi connectivity index (χ1) is 6.61. The Balaban J connectivity index is 3.47. The van der Waals surface area contributed by atoms with E-state index in [-0.39, 0.29) is 16.9 Å². The number of esters is 1. The summed E-state index contributed by atoms with van der Waals surface area (Å²) >= 11 is 1.91. The predicted octanol–water partition coefficient (Wildman–Crippen LogP) is 1.66. The van der Waals surface area contributed by atoms with E-state index >= 15 is 0 Å². The lowest BCUT2D eigenvalue weighted by Gasteiger charge is -2.05. The van der Waals surface area contributed by atoms with Crippen molar-refractivity contribution in [3.63, 3.8) is 0 Å². The maximum absolute atomic E-state index is 11.2. The van der Waals surface area contributed by atoms with Crippen LogP contribution in [0.2, 0.25) is 0 Å². The van der Waals surface area contributed by atoms with Crippen LogP contribution in [-0.2, 0) is 4.74 Å². The molecule has 0 aliphatic carbocycles. The highest BCUT2D eigenvalue weighted by atomic mass is 127. The summed E-state index contributed by atoms with van der Waals surface area (Å²) in [6, 6.07) is 4.76. The van der Waals surface area contributed by atoms with Crippen LogP contribution >= 0.6 is 22.6 Å². The summed E-state index contributed by atoms with van der Waals surface area (Å²) in [5, 5.41) is 18.2. The fourth-order valence-electron chi connectivity index (χ4n) is 0.984. The Bertz CT molecular complexity index is 423. The standard InChI is InChI=1S/C9H6INO3/c1-14-9(13)8-5(4-11)6(10)2-3-7(8)12/h2-3,12H,1H3. The van der Waals surface area contributed by atoms with Gasteiger partial charge in [0, 0.05) is 3.57 Å². The molecule has 0 aliphatic rings. The number of hydrogen-bond donors (Lipinski definition) is 1. The molecule has 0 spiro atoms. The molecule has 0 aromatic heterocycles. The van der Waals surface area contributed by atoms with Crippen molar-refractivity contribution in [2.75, 3.05) is 7.11 Å². The van der Waals surface area contributed by atoms with Crippen LogP contribution in [0.1, 0.15) is 15.9 Å². The third-order valence-corrected chi connectivity index (χ3v) is 2.53. The van der Waals surface area contributed by atoms with Crippen LogP contribution < -0.4 is 0 Å². The fraction of sp³-hybridized carbons (Fsp3) is 0.111. The monoisotopic (exact) mass is 303 g/mol. The van der Waals surface area contributed by atoms with E-state index in [0.717, 1.165) is 0 Å². The van der Waals surface area contributed by atoms with Crippen LogP contribution in [0, 0.1) is 14.9 Å². The van der Waals surface area contributed by atoms with Gasteiger partial charge in [0.25, 0.3) is 0 Å². The highest BCUT2D eigenvalue weighted by Crippen LogP contribution is 2.25. The van der Waals surface area contributed by atoms with Crippen molar-refractivity contribution in [3.8, 4) is 11.8 Å². The highest BCUT2D eigenvalue weighted by molar-refractivity contribution is 14.1. The third-order valence-electron chi connectivity index (χ3n) is 1.63. The number of nitriles is 1. The van der Waals surface area contributed by atoms with Crippen molar-refractivity contribution in [1.29, 1.82) is 5.26 Å². The third kappa shape index (κ3) is 1.80. The van der Waals surface area contributed by atoms with E-state index in [1.165, 1.54) is 13.2 Å². The topological polar surface area (TPSA) is 70.3 Å². The number of phenolic OH excluding ortho intramolecular Hbond substituents is 1. The number of halogens is 1. The molecule has 0 fully saturated rings. The number of hydrogen-bond acceptors (Lipinski definition) is 4. The van der Waals surface area contributed by atoms with E-state index in [0.29, 0.717) is 3.57 Å². The molecule has 4 nitrogen and oxygen atoms in total. The zero-order valence-corrected chi connectivity index (χ0v) is 9.40. The minimum Gasteiger partial charge on any atom is -0.507 e. The summed E-state index contributed by atoms with van der Waals surface area (Å²) < 4.78 is 5.06. The van der Waals surface area contributed by atoms with Gasteiger partial charge in [-0.2, -0.15) is 5.26 Å². The summed E-state index contributed by atoms with van der Waals surface area (Å²) in [7, 11) is 1.20. The molecule has 0 heterocycles. The number of methoxy groups -OCH3 is 1. The zero-order valence-electron chi connectivity index (χ0n) is 7.24. The van der Waals surface area contributed by atoms with Crippen molar-refractivity contribution >= 4 is 28.6 Å². The molecule has 0 radical (unpaired) electrons. The van der Waals surface area contributed by atoms with E-state index in [2.05, 4.69) is 4.74 Å². The number of aromatic hydroxyl groups is 1. The van der Waals surface area contributed by atoms with Gasteiger partial charge in [0.05, 0.1) is 12.7 Å². The summed E-state index contributed by atoms with van der Waals surface area (Å²) in [6.45, 7) is 0. The summed E-state index contributed by atoms with van der Waals surface area (Å²) in [6.07, 6.45) is 0. The fourth-order valence-corrected chi connectivity index (χ4v) is 1.55. The number of rotatable bonds is 1. The van der Waals surface area contributed by atoms with E-state index in [1.54, 1.807) is 6.07 Å². The second kappa shape index (κ2) is 4.28. The van der Waals surface area contributed by atoms with Crippen molar-refractivity contribution < 1.29 is 14.6 Å². The molecule has 0 aliphatic heterocycles. The molecular weight excluding hydrogens is 297 g/mol. The van der Waals surface area contributed by atoms with E-state index in [4.69, 9.17) is 5.26 Å². The van der Waals surface area contributed by atoms with Crippen molar-refractivity contribution in [2.45, 2.75) is 0 Å². The maximum atomic E-state index is 11.2. The van der Waals surface area contributed by atoms with Crippen molar-refractivity contribution in [3.05, 3.63) is 26.8 Å². The Hall–Kier alpha value is -1.29. The zero-order chi connectivity index (χ0) is 10.7. The highest BCUT2D eigenvalue weighted by Gasteiger charge is 2.19. The molecule has 1 rings (SSSR count). The molecule has 0 amide bonds. The van der Waals surface area contributed by atoms with Gasteiger partial charge in [-0.3, -0.25) is 0 Å². The number of phenols is 1. The van der Waals surface area contributed by atoms with Crippen molar-refractivity contribution in [1.82, 2.24) is 0 Å². The Morgan fingerprint density at radius 3 is 2.79 bits per heavy atom. The average molecular weight is 303 g/mol. The molecule has 0 atom stereocenters. The molecule has 1 aromatic rings. The second-order valence-corrected chi connectivity index (χ2v) is 3.58. The summed E-state index contributed by atoms with van der Waals surface area (Å²) in [5.41, 5.74) is 0.0550. The number of nitrogens with zero attached hydrogens (tertiary/aromatic N) is 1. The molecule has 0 saturated carbocycles. The SMILES string of the molecule is COC(=O)c1c(O)ccc(I)c1C#N. The average Bonchev–Trinajstić information content (AvgIpc) is 2.19. The first kappa shape index (κ1) is 10.8. The molecule has 0 bridgehead atoms. The maximum Gasteiger partial charge on any atom is 0.343 e. The van der Waals surface area contributed by atoms with Gasteiger partial charge in [0.1, 0.15) is 17.4 Å². The van der Waals surface area contributed by atoms with Crippen LogP contribution in [0.3, 0.4) is 0 Å². The van der Waals surface area contributed by atoms with Gasteiger partial charge in [-0.05, 0) is 34.7 Å².